The average Bonchev–Trinajstić information content (AvgIpc) is 2.63. The van der Waals surface area contributed by atoms with Crippen LogP contribution in [-0.2, 0) is 4.79 Å². The van der Waals surface area contributed by atoms with Crippen LogP contribution in [0.4, 0.5) is 0 Å². The summed E-state index contributed by atoms with van der Waals surface area (Å²) in [5.41, 5.74) is 0.939. The summed E-state index contributed by atoms with van der Waals surface area (Å²) < 4.78 is 1.34. The van der Waals surface area contributed by atoms with Crippen molar-refractivity contribution in [2.45, 2.75) is 19.9 Å². The standard InChI is InChI=1S/C11H16Cl2N2OS/c1-4-15(3)10(16)6-14-7(2)8-5-9(12)17-11(8)13/h5,7,14H,4,6H2,1-3H3. The molecule has 1 rings (SSSR count). The molecule has 0 spiro atoms. The van der Waals surface area contributed by atoms with Crippen molar-refractivity contribution >= 4 is 40.4 Å². The molecule has 0 saturated carbocycles. The molecule has 0 radical (unpaired) electrons. The first kappa shape index (κ1) is 14.8. The predicted octanol–water partition coefficient (Wildman–Crippen LogP) is 3.18. The lowest BCUT2D eigenvalue weighted by molar-refractivity contribution is -0.128. The summed E-state index contributed by atoms with van der Waals surface area (Å²) in [7, 11) is 1.78. The third kappa shape index (κ3) is 4.14. The number of carbonyl (C=O) groups excluding carboxylic acids is 1. The van der Waals surface area contributed by atoms with Gasteiger partial charge in [-0.05, 0) is 25.5 Å². The summed E-state index contributed by atoms with van der Waals surface area (Å²) in [5, 5.41) is 3.14. The van der Waals surface area contributed by atoms with E-state index in [4.69, 9.17) is 23.2 Å². The van der Waals surface area contributed by atoms with Gasteiger partial charge in [0.1, 0.15) is 0 Å². The van der Waals surface area contributed by atoms with Crippen molar-refractivity contribution in [3.05, 3.63) is 20.3 Å². The van der Waals surface area contributed by atoms with Crippen molar-refractivity contribution in [3.63, 3.8) is 0 Å². The van der Waals surface area contributed by atoms with Crippen LogP contribution in [0.2, 0.25) is 8.67 Å². The van der Waals surface area contributed by atoms with Gasteiger partial charge in [0, 0.05) is 19.6 Å². The molecule has 1 aromatic rings. The van der Waals surface area contributed by atoms with E-state index in [0.717, 1.165) is 5.56 Å². The van der Waals surface area contributed by atoms with Crippen LogP contribution in [0.5, 0.6) is 0 Å². The number of likely N-dealkylation sites (N-methyl/N-ethyl adjacent to an activating group) is 1. The van der Waals surface area contributed by atoms with Gasteiger partial charge in [0.05, 0.1) is 15.2 Å². The normalized spacial score (nSPS) is 12.5. The fourth-order valence-electron chi connectivity index (χ4n) is 1.31. The van der Waals surface area contributed by atoms with Gasteiger partial charge in [-0.1, -0.05) is 23.2 Å². The largest absolute Gasteiger partial charge is 0.345 e. The Labute approximate surface area is 116 Å². The second-order valence-corrected chi connectivity index (χ2v) is 6.08. The Morgan fingerprint density at radius 1 is 1.59 bits per heavy atom. The van der Waals surface area contributed by atoms with Crippen LogP contribution in [0.3, 0.4) is 0 Å². The topological polar surface area (TPSA) is 32.3 Å². The summed E-state index contributed by atoms with van der Waals surface area (Å²) >= 11 is 13.3. The first-order chi connectivity index (χ1) is 7.95. The quantitative estimate of drug-likeness (QED) is 0.905. The zero-order valence-electron chi connectivity index (χ0n) is 10.1. The second-order valence-electron chi connectivity index (χ2n) is 3.79. The molecule has 1 atom stereocenters. The van der Waals surface area contributed by atoms with Crippen LogP contribution in [0.25, 0.3) is 0 Å². The van der Waals surface area contributed by atoms with Crippen molar-refractivity contribution in [1.29, 1.82) is 0 Å². The van der Waals surface area contributed by atoms with Gasteiger partial charge < -0.3 is 10.2 Å². The van der Waals surface area contributed by atoms with Gasteiger partial charge in [0.2, 0.25) is 5.91 Å². The van der Waals surface area contributed by atoms with E-state index in [0.29, 0.717) is 21.8 Å². The lowest BCUT2D eigenvalue weighted by atomic mass is 10.2. The third-order valence-corrected chi connectivity index (χ3v) is 4.13. The number of nitrogens with zero attached hydrogens (tertiary/aromatic N) is 1. The van der Waals surface area contributed by atoms with Crippen molar-refractivity contribution in [1.82, 2.24) is 10.2 Å². The molecule has 0 fully saturated rings. The van der Waals surface area contributed by atoms with Crippen LogP contribution in [0.1, 0.15) is 25.5 Å². The molecule has 0 aliphatic heterocycles. The molecule has 0 saturated heterocycles. The van der Waals surface area contributed by atoms with Crippen molar-refractivity contribution in [2.75, 3.05) is 20.1 Å². The van der Waals surface area contributed by atoms with Gasteiger partial charge in [0.15, 0.2) is 0 Å². The number of rotatable bonds is 5. The maximum Gasteiger partial charge on any atom is 0.236 e. The summed E-state index contributed by atoms with van der Waals surface area (Å²) in [6.07, 6.45) is 0. The van der Waals surface area contributed by atoms with Crippen LogP contribution in [0, 0.1) is 0 Å². The minimum absolute atomic E-state index is 0.0143. The van der Waals surface area contributed by atoms with Crippen LogP contribution in [0.15, 0.2) is 6.07 Å². The maximum atomic E-state index is 11.6. The molecule has 3 nitrogen and oxygen atoms in total. The van der Waals surface area contributed by atoms with Crippen molar-refractivity contribution < 1.29 is 4.79 Å². The predicted molar refractivity (Wildman–Crippen MR) is 74.1 cm³/mol. The first-order valence-electron chi connectivity index (χ1n) is 5.37. The number of amides is 1. The minimum Gasteiger partial charge on any atom is -0.345 e. The lowest BCUT2D eigenvalue weighted by Crippen LogP contribution is -2.36. The number of nitrogens with one attached hydrogen (secondary N) is 1. The molecule has 0 bridgehead atoms. The van der Waals surface area contributed by atoms with E-state index >= 15 is 0 Å². The molecule has 1 heterocycles. The molecule has 0 aromatic carbocycles. The van der Waals surface area contributed by atoms with E-state index < -0.39 is 0 Å². The molecule has 0 aliphatic rings. The van der Waals surface area contributed by atoms with E-state index in [1.807, 2.05) is 19.9 Å². The van der Waals surface area contributed by atoms with E-state index in [-0.39, 0.29) is 11.9 Å². The lowest BCUT2D eigenvalue weighted by Gasteiger charge is -2.17. The highest BCUT2D eigenvalue weighted by Gasteiger charge is 2.14. The molecule has 1 aromatic heterocycles. The summed E-state index contributed by atoms with van der Waals surface area (Å²) in [5.74, 6) is 0.0665. The molecular weight excluding hydrogens is 279 g/mol. The Balaban J connectivity index is 2.53. The fraction of sp³-hybridized carbons (Fsp3) is 0.545. The highest BCUT2D eigenvalue weighted by atomic mass is 35.5. The number of carbonyl (C=O) groups is 1. The average molecular weight is 295 g/mol. The third-order valence-electron chi connectivity index (χ3n) is 2.61. The van der Waals surface area contributed by atoms with Gasteiger partial charge >= 0.3 is 0 Å². The number of hydrogen-bond acceptors (Lipinski definition) is 3. The zero-order chi connectivity index (χ0) is 13.0. The summed E-state index contributed by atoms with van der Waals surface area (Å²) in [6.45, 7) is 4.91. The molecule has 1 unspecified atom stereocenters. The number of halogens is 2. The minimum atomic E-state index is 0.0143. The van der Waals surface area contributed by atoms with Gasteiger partial charge in [-0.2, -0.15) is 0 Å². The Bertz CT molecular complexity index is 395. The van der Waals surface area contributed by atoms with Gasteiger partial charge in [-0.25, -0.2) is 0 Å². The van der Waals surface area contributed by atoms with Gasteiger partial charge in [0.25, 0.3) is 0 Å². The highest BCUT2D eigenvalue weighted by Crippen LogP contribution is 2.34. The smallest absolute Gasteiger partial charge is 0.236 e. The van der Waals surface area contributed by atoms with Crippen molar-refractivity contribution in [2.24, 2.45) is 0 Å². The first-order valence-corrected chi connectivity index (χ1v) is 6.95. The van der Waals surface area contributed by atoms with Crippen LogP contribution < -0.4 is 5.32 Å². The molecule has 0 aliphatic carbocycles. The number of hydrogen-bond donors (Lipinski definition) is 1. The van der Waals surface area contributed by atoms with E-state index in [1.54, 1.807) is 11.9 Å². The monoisotopic (exact) mass is 294 g/mol. The highest BCUT2D eigenvalue weighted by molar-refractivity contribution is 7.20. The molecule has 1 N–H and O–H groups in total. The Hall–Kier alpha value is -0.290. The molecule has 17 heavy (non-hydrogen) atoms. The van der Waals surface area contributed by atoms with E-state index in [9.17, 15) is 4.79 Å². The molecule has 1 amide bonds. The van der Waals surface area contributed by atoms with Gasteiger partial charge in [-0.15, -0.1) is 11.3 Å². The Morgan fingerprint density at radius 3 is 2.71 bits per heavy atom. The van der Waals surface area contributed by atoms with E-state index in [2.05, 4.69) is 5.32 Å². The summed E-state index contributed by atoms with van der Waals surface area (Å²) in [6, 6.07) is 1.85. The van der Waals surface area contributed by atoms with Crippen molar-refractivity contribution in [3.8, 4) is 0 Å². The number of thiophene rings is 1. The molecular formula is C11H16Cl2N2OS. The zero-order valence-corrected chi connectivity index (χ0v) is 12.4. The van der Waals surface area contributed by atoms with Crippen LogP contribution in [-0.4, -0.2) is 30.9 Å². The van der Waals surface area contributed by atoms with Gasteiger partial charge in [-0.3, -0.25) is 4.79 Å². The second kappa shape index (κ2) is 6.59. The summed E-state index contributed by atoms with van der Waals surface area (Å²) in [4.78, 5) is 13.3. The van der Waals surface area contributed by atoms with E-state index in [1.165, 1.54) is 11.3 Å². The SMILES string of the molecule is CCN(C)C(=O)CNC(C)c1cc(Cl)sc1Cl. The fourth-order valence-corrected chi connectivity index (χ4v) is 2.96. The molecule has 6 heteroatoms. The maximum absolute atomic E-state index is 11.6. The van der Waals surface area contributed by atoms with Crippen LogP contribution >= 0.6 is 34.5 Å². The Kier molecular flexibility index (Phi) is 5.73. The molecule has 96 valence electrons. The Morgan fingerprint density at radius 2 is 2.24 bits per heavy atom.